The van der Waals surface area contributed by atoms with Gasteiger partial charge < -0.3 is 4.42 Å². The van der Waals surface area contributed by atoms with Crippen LogP contribution in [-0.4, -0.2) is 16.8 Å². The first-order valence-electron chi connectivity index (χ1n) is 6.56. The third-order valence-electron chi connectivity index (χ3n) is 2.84. The molecule has 0 unspecified atom stereocenters. The molecule has 22 heavy (non-hydrogen) atoms. The second-order valence-electron chi connectivity index (χ2n) is 4.41. The van der Waals surface area contributed by atoms with Gasteiger partial charge in [-0.05, 0) is 37.3 Å². The van der Waals surface area contributed by atoms with Crippen molar-refractivity contribution in [2.45, 2.75) is 13.8 Å². The molecule has 0 aromatic carbocycles. The maximum absolute atomic E-state index is 12.1. The highest BCUT2D eigenvalue weighted by Crippen LogP contribution is 2.19. The summed E-state index contributed by atoms with van der Waals surface area (Å²) < 4.78 is 5.19. The molecule has 0 atom stereocenters. The molecule has 2 aromatic rings. The van der Waals surface area contributed by atoms with Gasteiger partial charge in [-0.15, -0.1) is 0 Å². The van der Waals surface area contributed by atoms with E-state index < -0.39 is 17.4 Å². The average molecular weight is 298 g/mol. The molecule has 0 aliphatic carbocycles. The molecule has 0 saturated heterocycles. The van der Waals surface area contributed by atoms with Crippen LogP contribution in [0.15, 0.2) is 58.0 Å². The van der Waals surface area contributed by atoms with Crippen molar-refractivity contribution in [1.82, 2.24) is 4.98 Å². The Bertz CT molecular complexity index is 778. The first kappa shape index (κ1) is 15.4. The van der Waals surface area contributed by atoms with E-state index in [1.165, 1.54) is 31.2 Å². The van der Waals surface area contributed by atoms with Gasteiger partial charge in [0.2, 0.25) is 5.91 Å². The van der Waals surface area contributed by atoms with E-state index in [0.29, 0.717) is 11.3 Å². The van der Waals surface area contributed by atoms with Crippen molar-refractivity contribution < 1.29 is 14.0 Å². The number of amides is 2. The molecule has 0 aliphatic heterocycles. The standard InChI is InChI=1S/C16H14N2O4/c1-3-5-15(20)18(11(2)19)13-7-8-14(22-16(13)21)12-6-4-9-17-10-12/h3-10H,1-2H3/b5-3+. The van der Waals surface area contributed by atoms with Crippen LogP contribution in [0.1, 0.15) is 13.8 Å². The predicted molar refractivity (Wildman–Crippen MR) is 81.2 cm³/mol. The molecule has 0 bridgehead atoms. The molecule has 0 spiro atoms. The third-order valence-corrected chi connectivity index (χ3v) is 2.84. The van der Waals surface area contributed by atoms with Crippen LogP contribution >= 0.6 is 0 Å². The maximum Gasteiger partial charge on any atom is 0.360 e. The number of rotatable bonds is 3. The molecule has 2 rings (SSSR count). The largest absolute Gasteiger partial charge is 0.421 e. The third kappa shape index (κ3) is 3.17. The van der Waals surface area contributed by atoms with Crippen LogP contribution in [0.3, 0.4) is 0 Å². The van der Waals surface area contributed by atoms with Gasteiger partial charge in [0, 0.05) is 24.9 Å². The quantitative estimate of drug-likeness (QED) is 0.811. The molecule has 2 heterocycles. The van der Waals surface area contributed by atoms with E-state index in [1.807, 2.05) is 0 Å². The number of allylic oxidation sites excluding steroid dienone is 1. The zero-order chi connectivity index (χ0) is 16.1. The van der Waals surface area contributed by atoms with Crippen molar-refractivity contribution in [3.63, 3.8) is 0 Å². The minimum absolute atomic E-state index is 0.122. The number of anilines is 1. The van der Waals surface area contributed by atoms with Gasteiger partial charge in [-0.2, -0.15) is 0 Å². The minimum atomic E-state index is -0.769. The topological polar surface area (TPSA) is 80.5 Å². The van der Waals surface area contributed by atoms with E-state index in [2.05, 4.69) is 4.98 Å². The number of hydrogen-bond donors (Lipinski definition) is 0. The SMILES string of the molecule is C/C=C/C(=O)N(C(C)=O)c1ccc(-c2cccnc2)oc1=O. The highest BCUT2D eigenvalue weighted by atomic mass is 16.4. The van der Waals surface area contributed by atoms with Crippen molar-refractivity contribution in [3.05, 3.63) is 59.2 Å². The number of hydrogen-bond acceptors (Lipinski definition) is 5. The van der Waals surface area contributed by atoms with Gasteiger partial charge in [-0.1, -0.05) is 6.08 Å². The summed E-state index contributed by atoms with van der Waals surface area (Å²) in [4.78, 5) is 40.4. The van der Waals surface area contributed by atoms with E-state index in [4.69, 9.17) is 4.42 Å². The highest BCUT2D eigenvalue weighted by molar-refractivity contribution is 6.17. The van der Waals surface area contributed by atoms with E-state index in [-0.39, 0.29) is 5.69 Å². The number of carbonyl (C=O) groups excluding carboxylic acids is 2. The van der Waals surface area contributed by atoms with Crippen molar-refractivity contribution in [1.29, 1.82) is 0 Å². The second kappa shape index (κ2) is 6.62. The molecule has 6 nitrogen and oxygen atoms in total. The summed E-state index contributed by atoms with van der Waals surface area (Å²) >= 11 is 0. The van der Waals surface area contributed by atoms with E-state index in [9.17, 15) is 14.4 Å². The Morgan fingerprint density at radius 1 is 1.27 bits per heavy atom. The average Bonchev–Trinajstić information content (AvgIpc) is 2.50. The van der Waals surface area contributed by atoms with Gasteiger partial charge in [-0.25, -0.2) is 9.69 Å². The molecule has 2 aromatic heterocycles. The number of carbonyl (C=O) groups is 2. The lowest BCUT2D eigenvalue weighted by molar-refractivity contribution is -0.123. The van der Waals surface area contributed by atoms with Crippen LogP contribution in [0, 0.1) is 0 Å². The monoisotopic (exact) mass is 298 g/mol. The summed E-state index contributed by atoms with van der Waals surface area (Å²) in [6.07, 6.45) is 5.84. The smallest absolute Gasteiger partial charge is 0.360 e. The lowest BCUT2D eigenvalue weighted by Gasteiger charge is -2.16. The Labute approximate surface area is 126 Å². The van der Waals surface area contributed by atoms with Gasteiger partial charge in [-0.3, -0.25) is 14.6 Å². The fourth-order valence-corrected chi connectivity index (χ4v) is 1.90. The summed E-state index contributed by atoms with van der Waals surface area (Å²) in [7, 11) is 0. The molecule has 0 fully saturated rings. The van der Waals surface area contributed by atoms with Crippen LogP contribution in [0.5, 0.6) is 0 Å². The summed E-state index contributed by atoms with van der Waals surface area (Å²) in [5, 5.41) is 0. The molecule has 112 valence electrons. The number of nitrogens with zero attached hydrogens (tertiary/aromatic N) is 2. The molecule has 0 aliphatic rings. The molecule has 0 radical (unpaired) electrons. The van der Waals surface area contributed by atoms with Crippen molar-refractivity contribution in [2.24, 2.45) is 0 Å². The molecule has 6 heteroatoms. The van der Waals surface area contributed by atoms with Gasteiger partial charge >= 0.3 is 5.63 Å². The van der Waals surface area contributed by atoms with Crippen LogP contribution in [0.2, 0.25) is 0 Å². The molecule has 2 amide bonds. The Morgan fingerprint density at radius 2 is 2.05 bits per heavy atom. The first-order chi connectivity index (χ1) is 10.5. The van der Waals surface area contributed by atoms with Crippen LogP contribution < -0.4 is 10.5 Å². The van der Waals surface area contributed by atoms with Crippen LogP contribution in [-0.2, 0) is 9.59 Å². The number of pyridine rings is 1. The predicted octanol–water partition coefficient (Wildman–Crippen LogP) is 2.16. The van der Waals surface area contributed by atoms with Crippen molar-refractivity contribution in [3.8, 4) is 11.3 Å². The van der Waals surface area contributed by atoms with Crippen molar-refractivity contribution >= 4 is 17.5 Å². The lowest BCUT2D eigenvalue weighted by Crippen LogP contribution is -2.37. The Hall–Kier alpha value is -3.02. The fraction of sp³-hybridized carbons (Fsp3) is 0.125. The van der Waals surface area contributed by atoms with Crippen LogP contribution in [0.4, 0.5) is 5.69 Å². The number of imide groups is 1. The van der Waals surface area contributed by atoms with Gasteiger partial charge in [0.25, 0.3) is 5.91 Å². The zero-order valence-corrected chi connectivity index (χ0v) is 12.1. The van der Waals surface area contributed by atoms with E-state index in [0.717, 1.165) is 4.90 Å². The highest BCUT2D eigenvalue weighted by Gasteiger charge is 2.22. The fourth-order valence-electron chi connectivity index (χ4n) is 1.90. The van der Waals surface area contributed by atoms with Gasteiger partial charge in [0.05, 0.1) is 0 Å². The van der Waals surface area contributed by atoms with Gasteiger partial charge in [0.1, 0.15) is 11.4 Å². The van der Waals surface area contributed by atoms with E-state index >= 15 is 0 Å². The number of aromatic nitrogens is 1. The summed E-state index contributed by atoms with van der Waals surface area (Å²) in [6.45, 7) is 2.85. The van der Waals surface area contributed by atoms with Gasteiger partial charge in [0.15, 0.2) is 0 Å². The zero-order valence-electron chi connectivity index (χ0n) is 12.1. The summed E-state index contributed by atoms with van der Waals surface area (Å²) in [5.74, 6) is -0.857. The Morgan fingerprint density at radius 3 is 2.59 bits per heavy atom. The summed E-state index contributed by atoms with van der Waals surface area (Å²) in [6, 6.07) is 6.35. The molecular formula is C16H14N2O4. The second-order valence-corrected chi connectivity index (χ2v) is 4.41. The first-order valence-corrected chi connectivity index (χ1v) is 6.56. The lowest BCUT2D eigenvalue weighted by atomic mass is 10.2. The normalized spacial score (nSPS) is 10.6. The van der Waals surface area contributed by atoms with Crippen LogP contribution in [0.25, 0.3) is 11.3 Å². The Kier molecular flexibility index (Phi) is 4.63. The van der Waals surface area contributed by atoms with E-state index in [1.54, 1.807) is 31.5 Å². The maximum atomic E-state index is 12.1. The molecule has 0 N–H and O–H groups in total. The minimum Gasteiger partial charge on any atom is -0.421 e. The Balaban J connectivity index is 2.47. The molecule has 0 saturated carbocycles. The van der Waals surface area contributed by atoms with Crippen molar-refractivity contribution in [2.75, 3.05) is 4.90 Å². The molecular weight excluding hydrogens is 284 g/mol. The summed E-state index contributed by atoms with van der Waals surface area (Å²) in [5.41, 5.74) is -0.266.